The van der Waals surface area contributed by atoms with Gasteiger partial charge in [-0.2, -0.15) is 5.06 Å². The normalized spacial score (nSPS) is 13.1. The van der Waals surface area contributed by atoms with Crippen molar-refractivity contribution < 1.29 is 9.25 Å². The number of nitrogens with zero attached hydrogens (tertiary/aromatic N) is 2. The van der Waals surface area contributed by atoms with Crippen molar-refractivity contribution in [1.82, 2.24) is 4.57 Å². The summed E-state index contributed by atoms with van der Waals surface area (Å²) < 4.78 is 11.2. The Kier molecular flexibility index (Phi) is 4.99. The maximum Gasteiger partial charge on any atom is 0.213 e. The third-order valence-electron chi connectivity index (χ3n) is 8.97. The van der Waals surface area contributed by atoms with Crippen LogP contribution in [0.25, 0.3) is 64.4 Å². The van der Waals surface area contributed by atoms with E-state index in [9.17, 15) is 0 Å². The van der Waals surface area contributed by atoms with E-state index in [1.54, 1.807) is 11.3 Å². The van der Waals surface area contributed by atoms with Crippen LogP contribution in [0.4, 0.5) is 11.4 Å². The van der Waals surface area contributed by atoms with Crippen LogP contribution in [-0.2, 0) is 0 Å². The van der Waals surface area contributed by atoms with Gasteiger partial charge in [-0.15, -0.1) is 11.3 Å². The number of hydrogen-bond acceptors (Lipinski definition) is 4. The Balaban J connectivity index is 1.19. The molecule has 0 atom stereocenters. The molecule has 0 N–H and O–H groups in total. The summed E-state index contributed by atoms with van der Waals surface area (Å²) in [6.45, 7) is 4.44. The molecule has 0 bridgehead atoms. The minimum atomic E-state index is 0.783. The average molecular weight is 597 g/mol. The van der Waals surface area contributed by atoms with Gasteiger partial charge >= 0.3 is 0 Å². The van der Waals surface area contributed by atoms with Gasteiger partial charge in [-0.1, -0.05) is 79.4 Å². The van der Waals surface area contributed by atoms with E-state index in [-0.39, 0.29) is 0 Å². The van der Waals surface area contributed by atoms with Gasteiger partial charge in [-0.25, -0.2) is 0 Å². The number of para-hydroxylation sites is 4. The molecule has 0 amide bonds. The second kappa shape index (κ2) is 9.11. The molecule has 4 heterocycles. The molecule has 0 spiro atoms. The Bertz CT molecular complexity index is 2670. The van der Waals surface area contributed by atoms with Gasteiger partial charge in [0.15, 0.2) is 5.75 Å². The molecular formula is C40H24N2O2S. The highest BCUT2D eigenvalue weighted by Crippen LogP contribution is 2.45. The number of furan rings is 1. The van der Waals surface area contributed by atoms with Gasteiger partial charge in [-0.05, 0) is 66.2 Å². The van der Waals surface area contributed by atoms with E-state index in [0.29, 0.717) is 0 Å². The first-order chi connectivity index (χ1) is 22.2. The van der Waals surface area contributed by atoms with Gasteiger partial charge in [0.2, 0.25) is 5.71 Å². The van der Waals surface area contributed by atoms with Crippen LogP contribution in [0, 0.1) is 0 Å². The molecule has 0 unspecified atom stereocenters. The number of hydrogen-bond donors (Lipinski definition) is 0. The summed E-state index contributed by atoms with van der Waals surface area (Å²) in [5.41, 5.74) is 8.88. The molecule has 0 radical (unpaired) electrons. The quantitative estimate of drug-likeness (QED) is 0.199. The van der Waals surface area contributed by atoms with Crippen LogP contribution in [0.15, 0.2) is 144 Å². The number of benzene rings is 6. The second-order valence-corrected chi connectivity index (χ2v) is 12.6. The number of fused-ring (bicyclic) bond motifs is 10. The van der Waals surface area contributed by atoms with E-state index in [1.165, 1.54) is 25.6 Å². The van der Waals surface area contributed by atoms with Crippen LogP contribution in [-0.4, -0.2) is 4.57 Å². The topological polar surface area (TPSA) is 30.5 Å². The number of rotatable bonds is 2. The van der Waals surface area contributed by atoms with E-state index in [2.05, 4.69) is 108 Å². The van der Waals surface area contributed by atoms with Crippen molar-refractivity contribution in [3.63, 3.8) is 0 Å². The van der Waals surface area contributed by atoms with Crippen LogP contribution < -0.4 is 9.90 Å². The zero-order valence-electron chi connectivity index (χ0n) is 24.0. The summed E-state index contributed by atoms with van der Waals surface area (Å²) in [6, 6.07) is 46.6. The maximum absolute atomic E-state index is 6.64. The fraction of sp³-hybridized carbons (Fsp3) is 0. The summed E-state index contributed by atoms with van der Waals surface area (Å²) in [5, 5.41) is 7.80. The number of aromatic nitrogens is 1. The van der Waals surface area contributed by atoms with Gasteiger partial charge < -0.3 is 9.25 Å². The van der Waals surface area contributed by atoms with Gasteiger partial charge in [0.1, 0.15) is 5.58 Å². The lowest BCUT2D eigenvalue weighted by Crippen LogP contribution is -2.21. The fourth-order valence-corrected chi connectivity index (χ4v) is 7.97. The van der Waals surface area contributed by atoms with Crippen molar-refractivity contribution in [2.75, 3.05) is 5.06 Å². The summed E-state index contributed by atoms with van der Waals surface area (Å²) in [5.74, 6) is 0.783. The van der Waals surface area contributed by atoms with Gasteiger partial charge in [0.05, 0.1) is 22.3 Å². The lowest BCUT2D eigenvalue weighted by atomic mass is 9.97. The highest BCUT2D eigenvalue weighted by atomic mass is 32.1. The van der Waals surface area contributed by atoms with Crippen molar-refractivity contribution in [3.05, 3.63) is 151 Å². The maximum atomic E-state index is 6.64. The van der Waals surface area contributed by atoms with E-state index >= 15 is 0 Å². The van der Waals surface area contributed by atoms with Crippen molar-refractivity contribution in [3.8, 4) is 11.4 Å². The zero-order chi connectivity index (χ0) is 29.6. The number of thiophene rings is 1. The van der Waals surface area contributed by atoms with E-state index in [1.807, 2.05) is 41.5 Å². The Labute approximate surface area is 262 Å². The lowest BCUT2D eigenvalue weighted by molar-refractivity contribution is 0.324. The smallest absolute Gasteiger partial charge is 0.213 e. The molecule has 0 saturated heterocycles. The van der Waals surface area contributed by atoms with E-state index in [0.717, 1.165) is 67.1 Å². The minimum absolute atomic E-state index is 0.783. The first kappa shape index (κ1) is 24.6. The molecule has 212 valence electrons. The predicted octanol–water partition coefficient (Wildman–Crippen LogP) is 11.4. The van der Waals surface area contributed by atoms with Crippen LogP contribution >= 0.6 is 11.3 Å². The molecule has 5 heteroatoms. The molecule has 4 nitrogen and oxygen atoms in total. The number of anilines is 2. The summed E-state index contributed by atoms with van der Waals surface area (Å²) >= 11 is 1.81. The highest BCUT2D eigenvalue weighted by molar-refractivity contribution is 7.25. The molecular weight excluding hydrogens is 573 g/mol. The summed E-state index contributed by atoms with van der Waals surface area (Å²) in [6.07, 6.45) is 0. The SMILES string of the molecule is C=C1c2ccccc2ON(c2ccc3sc4ccc(-n5c6ccccc6c6c7ccccc7oc65)cc4c3c2)c2ccccc21. The Morgan fingerprint density at radius 1 is 0.578 bits per heavy atom. The first-order valence-electron chi connectivity index (χ1n) is 15.0. The monoisotopic (exact) mass is 596 g/mol. The van der Waals surface area contributed by atoms with Crippen molar-refractivity contribution in [1.29, 1.82) is 0 Å². The Morgan fingerprint density at radius 3 is 2.11 bits per heavy atom. The molecule has 9 aromatic rings. The van der Waals surface area contributed by atoms with E-state index in [4.69, 9.17) is 9.25 Å². The highest BCUT2D eigenvalue weighted by Gasteiger charge is 2.25. The minimum Gasteiger partial charge on any atom is -0.439 e. The van der Waals surface area contributed by atoms with Crippen LogP contribution in [0.5, 0.6) is 5.75 Å². The summed E-state index contributed by atoms with van der Waals surface area (Å²) in [7, 11) is 0. The predicted molar refractivity (Wildman–Crippen MR) is 187 cm³/mol. The largest absolute Gasteiger partial charge is 0.439 e. The molecule has 45 heavy (non-hydrogen) atoms. The van der Waals surface area contributed by atoms with Crippen molar-refractivity contribution >= 4 is 81.4 Å². The lowest BCUT2D eigenvalue weighted by Gasteiger charge is -2.24. The van der Waals surface area contributed by atoms with Crippen LogP contribution in [0.1, 0.15) is 11.1 Å². The molecule has 6 aromatic carbocycles. The summed E-state index contributed by atoms with van der Waals surface area (Å²) in [4.78, 5) is 6.64. The van der Waals surface area contributed by atoms with Crippen LogP contribution in [0.3, 0.4) is 0 Å². The molecule has 1 aliphatic heterocycles. The first-order valence-corrected chi connectivity index (χ1v) is 15.8. The molecule has 0 fully saturated rings. The van der Waals surface area contributed by atoms with Gasteiger partial charge in [0, 0.05) is 47.8 Å². The van der Waals surface area contributed by atoms with Gasteiger partial charge in [-0.3, -0.25) is 4.57 Å². The fourth-order valence-electron chi connectivity index (χ4n) is 6.90. The molecule has 1 aliphatic rings. The molecule has 3 aromatic heterocycles. The third-order valence-corrected chi connectivity index (χ3v) is 10.1. The Morgan fingerprint density at radius 2 is 1.24 bits per heavy atom. The Hall–Kier alpha value is -5.78. The van der Waals surface area contributed by atoms with Crippen molar-refractivity contribution in [2.45, 2.75) is 0 Å². The molecule has 0 saturated carbocycles. The van der Waals surface area contributed by atoms with Crippen molar-refractivity contribution in [2.24, 2.45) is 0 Å². The third kappa shape index (κ3) is 3.47. The zero-order valence-corrected chi connectivity index (χ0v) is 24.8. The second-order valence-electron chi connectivity index (χ2n) is 11.5. The van der Waals surface area contributed by atoms with Crippen LogP contribution in [0.2, 0.25) is 0 Å². The standard InChI is InChI=1S/C40H24N2O2S/c1-24-27-10-2-7-15-34(27)42(44-36-17-9-4-11-28(24)36)26-19-21-38-32(23-26)31-22-25(18-20-37(31)45-38)41-33-14-6-3-12-29(33)39-30-13-5-8-16-35(30)43-40(39)41/h2-23H,1H2. The van der Waals surface area contributed by atoms with Gasteiger partial charge in [0.25, 0.3) is 0 Å². The molecule has 10 rings (SSSR count). The molecule has 0 aliphatic carbocycles. The average Bonchev–Trinajstić information content (AvgIpc) is 3.72. The van der Waals surface area contributed by atoms with E-state index < -0.39 is 0 Å².